The number of nitrogens with one attached hydrogen (secondary N) is 1. The number of nitrogens with zero attached hydrogens (tertiary/aromatic N) is 2. The molecule has 12 heteroatoms. The van der Waals surface area contributed by atoms with Crippen LogP contribution in [0.2, 0.25) is 5.02 Å². The van der Waals surface area contributed by atoms with Gasteiger partial charge in [0.15, 0.2) is 0 Å². The average Bonchev–Trinajstić information content (AvgIpc) is 3.06. The third-order valence-corrected chi connectivity index (χ3v) is 10.2. The van der Waals surface area contributed by atoms with Crippen molar-refractivity contribution in [3.8, 4) is 5.75 Å². The zero-order chi connectivity index (χ0) is 34.8. The van der Waals surface area contributed by atoms with E-state index in [1.807, 2.05) is 44.2 Å². The number of likely N-dealkylation sites (N-methyl/N-ethyl adjacent to an activating group) is 1. The molecular formula is C36H46ClN3O7S. The number of aliphatic hydroxyl groups is 1. The maximum absolute atomic E-state index is 14.4. The molecular weight excluding hydrogens is 654 g/mol. The van der Waals surface area contributed by atoms with Gasteiger partial charge in [-0.2, -0.15) is 0 Å². The zero-order valence-electron chi connectivity index (χ0n) is 28.0. The Kier molecular flexibility index (Phi) is 13.3. The van der Waals surface area contributed by atoms with Crippen molar-refractivity contribution in [2.75, 3.05) is 38.1 Å². The minimum atomic E-state index is -3.99. The lowest BCUT2D eigenvalue weighted by Gasteiger charge is -2.36. The number of ether oxygens (including phenoxy) is 2. The van der Waals surface area contributed by atoms with Crippen molar-refractivity contribution >= 4 is 39.1 Å². The fourth-order valence-electron chi connectivity index (χ4n) is 5.55. The van der Waals surface area contributed by atoms with E-state index < -0.39 is 22.0 Å². The Hall–Kier alpha value is -3.64. The molecule has 1 heterocycles. The molecule has 260 valence electrons. The zero-order valence-corrected chi connectivity index (χ0v) is 29.5. The Bertz CT molecular complexity index is 1620. The molecule has 10 nitrogen and oxygen atoms in total. The number of fused-ring (bicyclic) bond motifs is 1. The van der Waals surface area contributed by atoms with Crippen molar-refractivity contribution in [2.24, 2.45) is 5.92 Å². The molecule has 0 saturated carbocycles. The van der Waals surface area contributed by atoms with E-state index in [4.69, 9.17) is 21.1 Å². The van der Waals surface area contributed by atoms with E-state index in [2.05, 4.69) is 4.72 Å². The first-order valence-corrected chi connectivity index (χ1v) is 18.1. The SMILES string of the molecule is C[C@@H]1CCCCO[C@H](CN(C)C(=O)Cc2ccccc2)[C@@H](C)CN([C@@H](C)CO)C(=O)c2cc(NS(=O)(=O)c3ccc(Cl)cc3)ccc2O1. The monoisotopic (exact) mass is 699 g/mol. The summed E-state index contributed by atoms with van der Waals surface area (Å²) in [5.41, 5.74) is 1.27. The van der Waals surface area contributed by atoms with Gasteiger partial charge in [-0.1, -0.05) is 48.9 Å². The number of sulfonamides is 1. The molecule has 2 N–H and O–H groups in total. The van der Waals surface area contributed by atoms with E-state index in [0.717, 1.165) is 18.4 Å². The van der Waals surface area contributed by atoms with Crippen LogP contribution in [-0.4, -0.2) is 86.7 Å². The molecule has 0 aromatic heterocycles. The number of amides is 2. The van der Waals surface area contributed by atoms with Gasteiger partial charge in [0, 0.05) is 43.4 Å². The highest BCUT2D eigenvalue weighted by Gasteiger charge is 2.31. The third-order valence-electron chi connectivity index (χ3n) is 8.51. The Morgan fingerprint density at radius 2 is 1.79 bits per heavy atom. The van der Waals surface area contributed by atoms with Crippen molar-refractivity contribution in [2.45, 2.75) is 69.6 Å². The van der Waals surface area contributed by atoms with Gasteiger partial charge in [-0.3, -0.25) is 14.3 Å². The first-order valence-electron chi connectivity index (χ1n) is 16.3. The summed E-state index contributed by atoms with van der Waals surface area (Å²) < 4.78 is 41.5. The summed E-state index contributed by atoms with van der Waals surface area (Å²) in [7, 11) is -2.23. The molecule has 0 radical (unpaired) electrons. The number of anilines is 1. The van der Waals surface area contributed by atoms with Crippen LogP contribution in [0.25, 0.3) is 0 Å². The lowest BCUT2D eigenvalue weighted by atomic mass is 10.0. The topological polar surface area (TPSA) is 125 Å². The minimum Gasteiger partial charge on any atom is -0.490 e. The molecule has 0 fully saturated rings. The number of halogens is 1. The van der Waals surface area contributed by atoms with Crippen molar-refractivity contribution in [1.82, 2.24) is 9.80 Å². The molecule has 0 bridgehead atoms. The van der Waals surface area contributed by atoms with Crippen LogP contribution in [0, 0.1) is 5.92 Å². The standard InChI is InChI=1S/C36H46ClN3O7S/c1-25-22-40(26(2)24-41)36(43)32-21-30(38-48(44,45)31-16-13-29(37)14-17-31)15-18-33(32)47-27(3)10-8-9-19-46-34(25)23-39(4)35(42)20-28-11-6-5-7-12-28/h5-7,11-18,21,25-27,34,38,41H,8-10,19-20,22-24H2,1-4H3/t25-,26-,27+,34+/m0/s1. The van der Waals surface area contributed by atoms with Crippen LogP contribution in [0.15, 0.2) is 77.7 Å². The highest BCUT2D eigenvalue weighted by molar-refractivity contribution is 7.92. The van der Waals surface area contributed by atoms with Gasteiger partial charge in [0.1, 0.15) is 5.75 Å². The van der Waals surface area contributed by atoms with E-state index >= 15 is 0 Å². The normalized spacial score (nSPS) is 20.2. The molecule has 3 aromatic rings. The van der Waals surface area contributed by atoms with E-state index in [1.54, 1.807) is 35.9 Å². The number of carbonyl (C=O) groups is 2. The van der Waals surface area contributed by atoms with Crippen molar-refractivity contribution in [3.63, 3.8) is 0 Å². The minimum absolute atomic E-state index is 0.0193. The lowest BCUT2D eigenvalue weighted by molar-refractivity contribution is -0.131. The Labute approximate surface area is 289 Å². The van der Waals surface area contributed by atoms with E-state index in [9.17, 15) is 23.1 Å². The molecule has 3 aromatic carbocycles. The molecule has 0 aliphatic carbocycles. The van der Waals surface area contributed by atoms with Gasteiger partial charge >= 0.3 is 0 Å². The molecule has 1 aliphatic rings. The summed E-state index contributed by atoms with van der Waals surface area (Å²) >= 11 is 5.95. The number of hydrogen-bond acceptors (Lipinski definition) is 7. The van der Waals surface area contributed by atoms with Gasteiger partial charge in [0.05, 0.1) is 41.7 Å². The van der Waals surface area contributed by atoms with Crippen molar-refractivity contribution < 1.29 is 32.6 Å². The van der Waals surface area contributed by atoms with Crippen LogP contribution in [-0.2, 0) is 26.0 Å². The summed E-state index contributed by atoms with van der Waals surface area (Å²) in [5.74, 6) is -0.377. The summed E-state index contributed by atoms with van der Waals surface area (Å²) in [6, 6.07) is 19.4. The van der Waals surface area contributed by atoms with Gasteiger partial charge in [-0.15, -0.1) is 0 Å². The first-order chi connectivity index (χ1) is 22.9. The van der Waals surface area contributed by atoms with Gasteiger partial charge in [-0.25, -0.2) is 8.42 Å². The molecule has 2 amide bonds. The van der Waals surface area contributed by atoms with Crippen LogP contribution >= 0.6 is 11.6 Å². The predicted molar refractivity (Wildman–Crippen MR) is 187 cm³/mol. The number of benzene rings is 3. The molecule has 4 rings (SSSR count). The summed E-state index contributed by atoms with van der Waals surface area (Å²) in [5, 5.41) is 10.6. The summed E-state index contributed by atoms with van der Waals surface area (Å²) in [4.78, 5) is 30.7. The predicted octanol–water partition coefficient (Wildman–Crippen LogP) is 5.64. The van der Waals surface area contributed by atoms with Crippen molar-refractivity contribution in [1.29, 1.82) is 0 Å². The quantitative estimate of drug-likeness (QED) is 0.296. The van der Waals surface area contributed by atoms with Crippen LogP contribution in [0.5, 0.6) is 5.75 Å². The Morgan fingerprint density at radius 3 is 2.48 bits per heavy atom. The van der Waals surface area contributed by atoms with Crippen LogP contribution in [0.3, 0.4) is 0 Å². The Morgan fingerprint density at radius 1 is 1.08 bits per heavy atom. The molecule has 4 atom stereocenters. The average molecular weight is 700 g/mol. The Balaban J connectivity index is 1.63. The van der Waals surface area contributed by atoms with Gasteiger partial charge < -0.3 is 24.4 Å². The van der Waals surface area contributed by atoms with E-state index in [-0.39, 0.29) is 59.8 Å². The first kappa shape index (κ1) is 37.2. The number of carbonyl (C=O) groups excluding carboxylic acids is 2. The molecule has 0 spiro atoms. The molecule has 0 unspecified atom stereocenters. The number of rotatable bonds is 9. The summed E-state index contributed by atoms with van der Waals surface area (Å²) in [6.45, 7) is 6.36. The smallest absolute Gasteiger partial charge is 0.261 e. The number of aliphatic hydroxyl groups excluding tert-OH is 1. The highest BCUT2D eigenvalue weighted by atomic mass is 35.5. The largest absolute Gasteiger partial charge is 0.490 e. The maximum atomic E-state index is 14.4. The lowest BCUT2D eigenvalue weighted by Crippen LogP contribution is -2.48. The second-order valence-electron chi connectivity index (χ2n) is 12.5. The summed E-state index contributed by atoms with van der Waals surface area (Å²) in [6.07, 6.45) is 1.95. The van der Waals surface area contributed by atoms with Crippen LogP contribution in [0.1, 0.15) is 56.0 Å². The molecule has 1 aliphatic heterocycles. The van der Waals surface area contributed by atoms with Crippen LogP contribution in [0.4, 0.5) is 5.69 Å². The van der Waals surface area contributed by atoms with Crippen LogP contribution < -0.4 is 9.46 Å². The molecule has 0 saturated heterocycles. The second kappa shape index (κ2) is 17.1. The van der Waals surface area contributed by atoms with Gasteiger partial charge in [0.25, 0.3) is 15.9 Å². The van der Waals surface area contributed by atoms with Crippen molar-refractivity contribution in [3.05, 3.63) is 88.9 Å². The molecule has 48 heavy (non-hydrogen) atoms. The maximum Gasteiger partial charge on any atom is 0.261 e. The highest BCUT2D eigenvalue weighted by Crippen LogP contribution is 2.30. The fourth-order valence-corrected chi connectivity index (χ4v) is 6.73. The van der Waals surface area contributed by atoms with E-state index in [1.165, 1.54) is 30.3 Å². The number of hydrogen-bond donors (Lipinski definition) is 2. The van der Waals surface area contributed by atoms with Gasteiger partial charge in [-0.05, 0) is 81.1 Å². The fraction of sp³-hybridized carbons (Fsp3) is 0.444. The van der Waals surface area contributed by atoms with Gasteiger partial charge in [0.2, 0.25) is 5.91 Å². The third kappa shape index (κ3) is 10.2. The second-order valence-corrected chi connectivity index (χ2v) is 14.6. The van der Waals surface area contributed by atoms with E-state index in [0.29, 0.717) is 30.3 Å².